The summed E-state index contributed by atoms with van der Waals surface area (Å²) in [6.07, 6.45) is 6.94. The van der Waals surface area contributed by atoms with E-state index in [1.807, 2.05) is 26.0 Å². The van der Waals surface area contributed by atoms with Crippen LogP contribution in [0.25, 0.3) is 10.9 Å². The predicted octanol–water partition coefficient (Wildman–Crippen LogP) is 6.72. The monoisotopic (exact) mass is 583 g/mol. The van der Waals surface area contributed by atoms with E-state index in [0.29, 0.717) is 45.5 Å². The number of nitrogens with zero attached hydrogens (tertiary/aromatic N) is 6. The highest BCUT2D eigenvalue weighted by molar-refractivity contribution is 6.35. The van der Waals surface area contributed by atoms with Gasteiger partial charge in [-0.1, -0.05) is 23.2 Å². The molecule has 40 heavy (non-hydrogen) atoms. The quantitative estimate of drug-likeness (QED) is 0.209. The van der Waals surface area contributed by atoms with Crippen LogP contribution in [0.1, 0.15) is 69.2 Å². The van der Waals surface area contributed by atoms with Crippen LogP contribution in [-0.4, -0.2) is 44.9 Å². The van der Waals surface area contributed by atoms with Crippen molar-refractivity contribution < 1.29 is 14.3 Å². The summed E-state index contributed by atoms with van der Waals surface area (Å²) in [4.78, 5) is 17.2. The number of aliphatic imine (C=N–C) groups is 1. The van der Waals surface area contributed by atoms with Gasteiger partial charge >= 0.3 is 0 Å². The maximum Gasteiger partial charge on any atom is 0.276 e. The van der Waals surface area contributed by atoms with E-state index in [1.54, 1.807) is 34.7 Å². The molecule has 0 aliphatic carbocycles. The Morgan fingerprint density at radius 2 is 2.20 bits per heavy atom. The number of ether oxygens (including phenoxy) is 2. The van der Waals surface area contributed by atoms with Gasteiger partial charge in [-0.25, -0.2) is 4.68 Å². The number of anilines is 1. The number of rotatable bonds is 10. The van der Waals surface area contributed by atoms with E-state index < -0.39 is 12.0 Å². The van der Waals surface area contributed by atoms with Gasteiger partial charge in [0.1, 0.15) is 11.9 Å². The summed E-state index contributed by atoms with van der Waals surface area (Å²) >= 11 is 12.7. The van der Waals surface area contributed by atoms with Crippen molar-refractivity contribution in [1.82, 2.24) is 19.6 Å². The highest BCUT2D eigenvalue weighted by atomic mass is 35.5. The average Bonchev–Trinajstić information content (AvgIpc) is 3.54. The number of carbonyl (C=O) groups excluding carboxylic acids is 1. The van der Waals surface area contributed by atoms with Crippen molar-refractivity contribution in [2.75, 3.05) is 11.9 Å². The summed E-state index contributed by atoms with van der Waals surface area (Å²) in [5, 5.41) is 22.2. The molecule has 1 aromatic carbocycles. The van der Waals surface area contributed by atoms with Crippen molar-refractivity contribution in [3.8, 4) is 11.8 Å². The van der Waals surface area contributed by atoms with Gasteiger partial charge in [0.25, 0.3) is 5.91 Å². The molecule has 1 aliphatic heterocycles. The van der Waals surface area contributed by atoms with Crippen molar-refractivity contribution in [2.24, 2.45) is 4.99 Å². The zero-order valence-corrected chi connectivity index (χ0v) is 24.1. The summed E-state index contributed by atoms with van der Waals surface area (Å²) in [7, 11) is 0. The standard InChI is InChI=1S/C28H31Cl2N7O3/c1-17(10-11-31)36-16-20(14-33-36)34-28(38)27-22-13-21(40-19(3)26(18(2)29)23(30)15-32-4)8-9-24(22)37(35-27)25-7-5-6-12-39-25/h8-9,13-17,19,25H,4-7,10,12H2,1-3H3,(H,34,38)/b23-15+,26-18+. The number of fused-ring (bicyclic) bond motifs is 1. The number of aromatic nitrogens is 4. The molecular formula is C28H31Cl2N7O3. The van der Waals surface area contributed by atoms with Gasteiger partial charge in [-0.2, -0.15) is 15.5 Å². The normalized spacial score (nSPS) is 18.0. The SMILES string of the molecule is C=N/C=C(Cl)\C(=C(/C)Cl)C(C)Oc1ccc2c(c1)c(C(=O)Nc1cnn(C(C)CC#N)c1)nn2C1CCCCO1. The Labute approximate surface area is 242 Å². The van der Waals surface area contributed by atoms with Crippen LogP contribution in [0.4, 0.5) is 5.69 Å². The number of nitrogens with one attached hydrogen (secondary N) is 1. The maximum absolute atomic E-state index is 13.5. The minimum Gasteiger partial charge on any atom is -0.486 e. The third-order valence-electron chi connectivity index (χ3n) is 6.57. The Morgan fingerprint density at radius 1 is 1.40 bits per heavy atom. The topological polar surface area (TPSA) is 119 Å². The molecule has 0 bridgehead atoms. The zero-order valence-electron chi connectivity index (χ0n) is 22.6. The lowest BCUT2D eigenvalue weighted by atomic mass is 10.1. The number of halogens is 2. The molecule has 210 valence electrons. The van der Waals surface area contributed by atoms with Gasteiger partial charge in [0, 0.05) is 35.0 Å². The number of allylic oxidation sites excluding steroid dienone is 1. The summed E-state index contributed by atoms with van der Waals surface area (Å²) in [5.41, 5.74) is 2.03. The largest absolute Gasteiger partial charge is 0.486 e. The molecule has 1 fully saturated rings. The van der Waals surface area contributed by atoms with Crippen LogP contribution >= 0.6 is 23.2 Å². The van der Waals surface area contributed by atoms with Gasteiger partial charge < -0.3 is 14.8 Å². The van der Waals surface area contributed by atoms with Crippen molar-refractivity contribution in [2.45, 2.75) is 64.8 Å². The second-order valence-corrected chi connectivity index (χ2v) is 10.5. The number of amides is 1. The molecular weight excluding hydrogens is 553 g/mol. The Bertz CT molecular complexity index is 1490. The Balaban J connectivity index is 1.68. The Morgan fingerprint density at radius 3 is 2.88 bits per heavy atom. The van der Waals surface area contributed by atoms with Crippen LogP contribution in [0, 0.1) is 11.3 Å². The summed E-state index contributed by atoms with van der Waals surface area (Å²) in [5.74, 6) is 0.0974. The fourth-order valence-electron chi connectivity index (χ4n) is 4.61. The van der Waals surface area contributed by atoms with Crippen molar-refractivity contribution in [3.63, 3.8) is 0 Å². The number of hydrogen-bond donors (Lipinski definition) is 1. The molecule has 12 heteroatoms. The molecule has 3 aromatic rings. The summed E-state index contributed by atoms with van der Waals surface area (Å²) < 4.78 is 15.6. The molecule has 0 radical (unpaired) electrons. The van der Waals surface area contributed by atoms with Gasteiger partial charge in [-0.05, 0) is 65.0 Å². The first-order valence-corrected chi connectivity index (χ1v) is 13.7. The number of carbonyl (C=O) groups is 1. The Kier molecular flexibility index (Phi) is 9.63. The van der Waals surface area contributed by atoms with E-state index in [4.69, 9.17) is 43.0 Å². The van der Waals surface area contributed by atoms with Crippen LogP contribution in [0.15, 0.2) is 57.4 Å². The smallest absolute Gasteiger partial charge is 0.276 e. The van der Waals surface area contributed by atoms with E-state index in [-0.39, 0.29) is 18.0 Å². The molecule has 4 rings (SSSR count). The first kappa shape index (κ1) is 29.3. The van der Waals surface area contributed by atoms with Gasteiger partial charge in [0.2, 0.25) is 0 Å². The molecule has 1 aliphatic rings. The molecule has 1 amide bonds. The zero-order chi connectivity index (χ0) is 28.8. The summed E-state index contributed by atoms with van der Waals surface area (Å²) in [6, 6.07) is 7.45. The molecule has 3 heterocycles. The lowest BCUT2D eigenvalue weighted by molar-refractivity contribution is -0.0367. The molecule has 0 saturated carbocycles. The van der Waals surface area contributed by atoms with Crippen LogP contribution in [0.5, 0.6) is 5.75 Å². The highest BCUT2D eigenvalue weighted by Gasteiger charge is 2.25. The molecule has 2 aromatic heterocycles. The van der Waals surface area contributed by atoms with E-state index in [1.165, 1.54) is 6.20 Å². The molecule has 1 saturated heterocycles. The average molecular weight is 585 g/mol. The van der Waals surface area contributed by atoms with E-state index in [2.05, 4.69) is 28.2 Å². The second-order valence-electron chi connectivity index (χ2n) is 9.53. The highest BCUT2D eigenvalue weighted by Crippen LogP contribution is 2.33. The number of hydrogen-bond acceptors (Lipinski definition) is 7. The van der Waals surface area contributed by atoms with Crippen LogP contribution < -0.4 is 10.1 Å². The van der Waals surface area contributed by atoms with E-state index in [9.17, 15) is 4.79 Å². The number of nitriles is 1. The van der Waals surface area contributed by atoms with Crippen LogP contribution in [-0.2, 0) is 4.74 Å². The first-order chi connectivity index (χ1) is 19.2. The second kappa shape index (κ2) is 13.1. The van der Waals surface area contributed by atoms with Crippen LogP contribution in [0.3, 0.4) is 0 Å². The van der Waals surface area contributed by atoms with Gasteiger partial charge in [0.15, 0.2) is 11.9 Å². The first-order valence-electron chi connectivity index (χ1n) is 12.9. The predicted molar refractivity (Wildman–Crippen MR) is 156 cm³/mol. The van der Waals surface area contributed by atoms with E-state index >= 15 is 0 Å². The number of benzene rings is 1. The van der Waals surface area contributed by atoms with Crippen molar-refractivity contribution >= 4 is 52.4 Å². The van der Waals surface area contributed by atoms with Crippen molar-refractivity contribution in [1.29, 1.82) is 5.26 Å². The minimum atomic E-state index is -0.518. The van der Waals surface area contributed by atoms with Crippen molar-refractivity contribution in [3.05, 3.63) is 58.1 Å². The molecule has 10 nitrogen and oxygen atoms in total. The fourth-order valence-corrected chi connectivity index (χ4v) is 5.28. The molecule has 3 unspecified atom stereocenters. The van der Waals surface area contributed by atoms with Gasteiger partial charge in [0.05, 0.1) is 41.0 Å². The lowest BCUT2D eigenvalue weighted by Gasteiger charge is -2.23. The fraction of sp³-hybridized carbons (Fsp3) is 0.393. The van der Waals surface area contributed by atoms with E-state index in [0.717, 1.165) is 24.8 Å². The minimum absolute atomic E-state index is 0.123. The lowest BCUT2D eigenvalue weighted by Crippen LogP contribution is -2.20. The van der Waals surface area contributed by atoms with Gasteiger partial charge in [-0.15, -0.1) is 0 Å². The van der Waals surface area contributed by atoms with Gasteiger partial charge in [-0.3, -0.25) is 14.5 Å². The van der Waals surface area contributed by atoms with Crippen LogP contribution in [0.2, 0.25) is 0 Å². The Hall–Kier alpha value is -3.65. The molecule has 3 atom stereocenters. The molecule has 0 spiro atoms. The third-order valence-corrected chi connectivity index (χ3v) is 7.08. The summed E-state index contributed by atoms with van der Waals surface area (Å²) in [6.45, 7) is 9.50. The third kappa shape index (κ3) is 6.55. The maximum atomic E-state index is 13.5. The molecule has 1 N–H and O–H groups in total.